The van der Waals surface area contributed by atoms with Crippen molar-refractivity contribution in [1.29, 1.82) is 0 Å². The normalized spacial score (nSPS) is 11.1. The number of carboxylic acids is 1. The molecule has 8 heteroatoms. The third-order valence-electron chi connectivity index (χ3n) is 2.59. The number of hydrogen-bond donors (Lipinski definition) is 2. The van der Waals surface area contributed by atoms with Crippen molar-refractivity contribution in [3.63, 3.8) is 0 Å². The summed E-state index contributed by atoms with van der Waals surface area (Å²) in [7, 11) is -3.99. The Bertz CT molecular complexity index is 787. The van der Waals surface area contributed by atoms with Gasteiger partial charge in [0.1, 0.15) is 0 Å². The molecular weight excluding hydrogens is 318 g/mol. The van der Waals surface area contributed by atoms with Gasteiger partial charge in [-0.05, 0) is 36.4 Å². The summed E-state index contributed by atoms with van der Waals surface area (Å²) < 4.78 is 26.5. The van der Waals surface area contributed by atoms with Crippen molar-refractivity contribution in [1.82, 2.24) is 0 Å². The molecule has 0 atom stereocenters. The molecule has 0 aliphatic heterocycles. The molecule has 21 heavy (non-hydrogen) atoms. The largest absolute Gasteiger partial charge is 0.872 e. The average molecular weight is 327 g/mol. The summed E-state index contributed by atoms with van der Waals surface area (Å²) in [5.74, 6) is -2.24. The molecule has 0 spiro atoms. The minimum Gasteiger partial charge on any atom is -0.872 e. The maximum absolute atomic E-state index is 12.1. The van der Waals surface area contributed by atoms with E-state index in [1.54, 1.807) is 0 Å². The lowest BCUT2D eigenvalue weighted by Crippen LogP contribution is -2.14. The van der Waals surface area contributed by atoms with Gasteiger partial charge in [0, 0.05) is 10.7 Å². The van der Waals surface area contributed by atoms with Gasteiger partial charge in [-0.25, -0.2) is 13.2 Å². The number of carbonyl (C=O) groups is 1. The van der Waals surface area contributed by atoms with E-state index in [0.29, 0.717) is 5.02 Å². The SMILES string of the molecule is O=C(O)c1cc(S(=O)(=O)Nc2ccc(Cl)cc2)ccc1[O-]. The Balaban J connectivity index is 2.38. The van der Waals surface area contributed by atoms with Gasteiger partial charge in [-0.2, -0.15) is 0 Å². The molecule has 6 nitrogen and oxygen atoms in total. The lowest BCUT2D eigenvalue weighted by Gasteiger charge is -2.13. The number of hydrogen-bond acceptors (Lipinski definition) is 4. The molecule has 2 aromatic rings. The Labute approximate surface area is 125 Å². The number of carboxylic acid groups (broad SMARTS) is 1. The summed E-state index contributed by atoms with van der Waals surface area (Å²) >= 11 is 5.70. The van der Waals surface area contributed by atoms with E-state index in [9.17, 15) is 18.3 Å². The zero-order chi connectivity index (χ0) is 15.6. The molecular formula is C13H9ClNO5S-. The highest BCUT2D eigenvalue weighted by molar-refractivity contribution is 7.92. The van der Waals surface area contributed by atoms with Crippen LogP contribution in [-0.4, -0.2) is 19.5 Å². The van der Waals surface area contributed by atoms with E-state index in [4.69, 9.17) is 16.7 Å². The standard InChI is InChI=1S/C13H10ClNO5S/c14-8-1-3-9(4-2-8)15-21(19,20)10-5-6-12(16)11(7-10)13(17)18/h1-7,15-16H,(H,17,18)/p-1. The predicted octanol–water partition coefficient (Wildman–Crippen LogP) is 1.91. The first kappa shape index (κ1) is 15.1. The third kappa shape index (κ3) is 3.45. The second kappa shape index (κ2) is 5.63. The Kier molecular flexibility index (Phi) is 4.06. The van der Waals surface area contributed by atoms with Gasteiger partial charge in [0.05, 0.1) is 10.5 Å². The smallest absolute Gasteiger partial charge is 0.335 e. The highest BCUT2D eigenvalue weighted by Crippen LogP contribution is 2.22. The van der Waals surface area contributed by atoms with Crippen LogP contribution >= 0.6 is 11.6 Å². The summed E-state index contributed by atoms with van der Waals surface area (Å²) in [6.45, 7) is 0. The maximum Gasteiger partial charge on any atom is 0.335 e. The van der Waals surface area contributed by atoms with Crippen molar-refractivity contribution in [2.24, 2.45) is 0 Å². The van der Waals surface area contributed by atoms with Gasteiger partial charge in [-0.1, -0.05) is 23.4 Å². The van der Waals surface area contributed by atoms with Gasteiger partial charge in [-0.3, -0.25) is 4.72 Å². The van der Waals surface area contributed by atoms with E-state index < -0.39 is 27.3 Å². The minimum absolute atomic E-state index is 0.266. The quantitative estimate of drug-likeness (QED) is 0.892. The van der Waals surface area contributed by atoms with Crippen LogP contribution in [-0.2, 0) is 10.0 Å². The van der Waals surface area contributed by atoms with Crippen LogP contribution in [0.3, 0.4) is 0 Å². The number of nitrogens with one attached hydrogen (secondary N) is 1. The lowest BCUT2D eigenvalue weighted by atomic mass is 10.2. The summed E-state index contributed by atoms with van der Waals surface area (Å²) in [6, 6.07) is 8.70. The van der Waals surface area contributed by atoms with Crippen molar-refractivity contribution in [3.05, 3.63) is 53.1 Å². The van der Waals surface area contributed by atoms with Crippen molar-refractivity contribution in [3.8, 4) is 5.75 Å². The molecule has 0 radical (unpaired) electrons. The number of sulfonamides is 1. The van der Waals surface area contributed by atoms with Gasteiger partial charge < -0.3 is 10.2 Å². The van der Waals surface area contributed by atoms with Crippen molar-refractivity contribution >= 4 is 33.3 Å². The lowest BCUT2D eigenvalue weighted by molar-refractivity contribution is -0.268. The maximum atomic E-state index is 12.1. The molecule has 0 aliphatic carbocycles. The minimum atomic E-state index is -3.99. The Morgan fingerprint density at radius 1 is 1.14 bits per heavy atom. The molecule has 2 N–H and O–H groups in total. The van der Waals surface area contributed by atoms with E-state index in [2.05, 4.69) is 4.72 Å². The van der Waals surface area contributed by atoms with E-state index >= 15 is 0 Å². The fourth-order valence-corrected chi connectivity index (χ4v) is 2.79. The second-order valence-electron chi connectivity index (χ2n) is 4.08. The zero-order valence-electron chi connectivity index (χ0n) is 10.4. The van der Waals surface area contributed by atoms with Crippen LogP contribution in [0.1, 0.15) is 10.4 Å². The van der Waals surface area contributed by atoms with Crippen LogP contribution in [0, 0.1) is 0 Å². The first-order valence-electron chi connectivity index (χ1n) is 5.62. The molecule has 2 aromatic carbocycles. The van der Waals surface area contributed by atoms with Crippen LogP contribution in [0.5, 0.6) is 5.75 Å². The van der Waals surface area contributed by atoms with Gasteiger partial charge in [0.25, 0.3) is 10.0 Å². The molecule has 0 fully saturated rings. The monoisotopic (exact) mass is 326 g/mol. The van der Waals surface area contributed by atoms with Crippen LogP contribution in [0.25, 0.3) is 0 Å². The number of anilines is 1. The molecule has 0 amide bonds. The average Bonchev–Trinajstić information content (AvgIpc) is 2.41. The fraction of sp³-hybridized carbons (Fsp3) is 0. The molecule has 0 unspecified atom stereocenters. The first-order chi connectivity index (χ1) is 9.79. The fourth-order valence-electron chi connectivity index (χ4n) is 1.58. The molecule has 0 saturated heterocycles. The Morgan fingerprint density at radius 2 is 1.76 bits per heavy atom. The highest BCUT2D eigenvalue weighted by atomic mass is 35.5. The number of benzene rings is 2. The van der Waals surface area contributed by atoms with Crippen LogP contribution in [0.4, 0.5) is 5.69 Å². The summed E-state index contributed by atoms with van der Waals surface area (Å²) in [6.07, 6.45) is 0. The van der Waals surface area contributed by atoms with Crippen LogP contribution in [0.15, 0.2) is 47.4 Å². The van der Waals surface area contributed by atoms with Crippen LogP contribution in [0.2, 0.25) is 5.02 Å². The topological polar surface area (TPSA) is 107 Å². The first-order valence-corrected chi connectivity index (χ1v) is 7.48. The number of halogens is 1. The molecule has 0 aromatic heterocycles. The van der Waals surface area contributed by atoms with E-state index in [0.717, 1.165) is 18.2 Å². The summed E-state index contributed by atoms with van der Waals surface area (Å²) in [5, 5.41) is 20.6. The van der Waals surface area contributed by atoms with E-state index in [1.165, 1.54) is 24.3 Å². The molecule has 0 bridgehead atoms. The zero-order valence-corrected chi connectivity index (χ0v) is 12.0. The Hall–Kier alpha value is -2.25. The van der Waals surface area contributed by atoms with Crippen molar-refractivity contribution in [2.45, 2.75) is 4.90 Å². The van der Waals surface area contributed by atoms with Gasteiger partial charge >= 0.3 is 5.97 Å². The molecule has 0 aliphatic rings. The summed E-state index contributed by atoms with van der Waals surface area (Å²) in [4.78, 5) is 10.6. The number of rotatable bonds is 4. The highest BCUT2D eigenvalue weighted by Gasteiger charge is 2.16. The third-order valence-corrected chi connectivity index (χ3v) is 4.22. The van der Waals surface area contributed by atoms with Gasteiger partial charge in [-0.15, -0.1) is 0 Å². The van der Waals surface area contributed by atoms with Gasteiger partial charge in [0.2, 0.25) is 0 Å². The predicted molar refractivity (Wildman–Crippen MR) is 75.1 cm³/mol. The molecule has 110 valence electrons. The molecule has 0 heterocycles. The van der Waals surface area contributed by atoms with Crippen molar-refractivity contribution in [2.75, 3.05) is 4.72 Å². The Morgan fingerprint density at radius 3 is 2.33 bits per heavy atom. The summed E-state index contributed by atoms with van der Waals surface area (Å²) in [5.41, 5.74) is -0.337. The van der Waals surface area contributed by atoms with E-state index in [-0.39, 0.29) is 10.6 Å². The van der Waals surface area contributed by atoms with E-state index in [1.807, 2.05) is 0 Å². The van der Waals surface area contributed by atoms with Crippen molar-refractivity contribution < 1.29 is 23.4 Å². The van der Waals surface area contributed by atoms with Crippen LogP contribution < -0.4 is 9.83 Å². The number of aromatic carboxylic acids is 1. The molecule has 0 saturated carbocycles. The van der Waals surface area contributed by atoms with Gasteiger partial charge in [0.15, 0.2) is 0 Å². The molecule has 2 rings (SSSR count). The second-order valence-corrected chi connectivity index (χ2v) is 6.19.